The average molecular weight is 507 g/mol. The first kappa shape index (κ1) is 24.8. The topological polar surface area (TPSA) is 113 Å². The lowest BCUT2D eigenvalue weighted by atomic mass is 9.66. The summed E-state index contributed by atoms with van der Waals surface area (Å²) in [5.41, 5.74) is -0.866. The summed E-state index contributed by atoms with van der Waals surface area (Å²) in [5, 5.41) is 18.7. The molecule has 0 radical (unpaired) electrons. The molecule has 192 valence electrons. The molecule has 9 nitrogen and oxygen atoms in total. The second-order valence-electron chi connectivity index (χ2n) is 10.4. The molecule has 4 heterocycles. The SMILES string of the molecule is C[C@@H]1CN(c2ncnc3c2C2(CCC2)CN3c2cc(C#N)ccn2)[C@@H](C)CN1C(=O)C(C#N)(CF)CF. The number of piperazine rings is 1. The summed E-state index contributed by atoms with van der Waals surface area (Å²) in [4.78, 5) is 32.5. The van der Waals surface area contributed by atoms with Gasteiger partial charge >= 0.3 is 0 Å². The Labute approximate surface area is 214 Å². The molecular weight excluding hydrogens is 478 g/mol. The minimum atomic E-state index is -2.30. The highest BCUT2D eigenvalue weighted by Gasteiger charge is 2.52. The standard InChI is InChI=1S/C26H28F2N8O/c1-17-11-35(24(37)26(12-27,13-28)14-30)18(2)10-34(17)22-21-23(33-16-32-22)36(15-25(21)5-3-6-25)20-8-19(9-29)4-7-31-20/h4,7-8,16-18H,3,5-6,10-13,15H2,1-2H3/t17-,18+/m0/s1. The fraction of sp³-hybridized carbons (Fsp3) is 0.538. The van der Waals surface area contributed by atoms with E-state index in [1.807, 2.05) is 13.8 Å². The number of aromatic nitrogens is 3. The minimum absolute atomic E-state index is 0.134. The van der Waals surface area contributed by atoms with Crippen LogP contribution in [0.15, 0.2) is 24.7 Å². The van der Waals surface area contributed by atoms with Crippen LogP contribution in [0.3, 0.4) is 0 Å². The predicted molar refractivity (Wildman–Crippen MR) is 131 cm³/mol. The maximum atomic E-state index is 13.6. The molecule has 0 bridgehead atoms. The van der Waals surface area contributed by atoms with Crippen molar-refractivity contribution >= 4 is 23.4 Å². The number of anilines is 3. The lowest BCUT2D eigenvalue weighted by molar-refractivity contribution is -0.143. The Kier molecular flexibility index (Phi) is 6.18. The van der Waals surface area contributed by atoms with Gasteiger partial charge in [-0.25, -0.2) is 23.7 Å². The van der Waals surface area contributed by atoms with Gasteiger partial charge in [-0.2, -0.15) is 10.5 Å². The lowest BCUT2D eigenvalue weighted by Crippen LogP contribution is -2.62. The molecule has 37 heavy (non-hydrogen) atoms. The highest BCUT2D eigenvalue weighted by molar-refractivity contribution is 5.86. The van der Waals surface area contributed by atoms with E-state index in [1.165, 1.54) is 11.2 Å². The first-order chi connectivity index (χ1) is 17.8. The van der Waals surface area contributed by atoms with Gasteiger partial charge in [0, 0.05) is 48.9 Å². The van der Waals surface area contributed by atoms with Crippen LogP contribution in [-0.4, -0.2) is 70.8 Å². The van der Waals surface area contributed by atoms with Gasteiger partial charge in [0.2, 0.25) is 5.91 Å². The molecule has 1 aliphatic carbocycles. The highest BCUT2D eigenvalue weighted by atomic mass is 19.1. The predicted octanol–water partition coefficient (Wildman–Crippen LogP) is 3.19. The van der Waals surface area contributed by atoms with Crippen molar-refractivity contribution < 1.29 is 13.6 Å². The van der Waals surface area contributed by atoms with Gasteiger partial charge in [0.05, 0.1) is 17.7 Å². The van der Waals surface area contributed by atoms with Crippen LogP contribution in [0, 0.1) is 28.1 Å². The van der Waals surface area contributed by atoms with Gasteiger partial charge in [0.25, 0.3) is 0 Å². The Morgan fingerprint density at radius 2 is 1.86 bits per heavy atom. The average Bonchev–Trinajstić information content (AvgIpc) is 3.28. The zero-order valence-corrected chi connectivity index (χ0v) is 20.9. The summed E-state index contributed by atoms with van der Waals surface area (Å²) in [6.45, 7) is 2.34. The van der Waals surface area contributed by atoms with Crippen molar-refractivity contribution in [3.05, 3.63) is 35.8 Å². The number of pyridine rings is 1. The molecule has 2 aliphatic heterocycles. The van der Waals surface area contributed by atoms with E-state index in [2.05, 4.69) is 25.8 Å². The zero-order valence-electron chi connectivity index (χ0n) is 20.9. The molecular formula is C26H28F2N8O. The van der Waals surface area contributed by atoms with Crippen LogP contribution < -0.4 is 9.80 Å². The minimum Gasteiger partial charge on any atom is -0.350 e. The second kappa shape index (κ2) is 9.22. The summed E-state index contributed by atoms with van der Waals surface area (Å²) in [7, 11) is 0. The Hall–Kier alpha value is -3.86. The number of amides is 1. The van der Waals surface area contributed by atoms with E-state index in [1.54, 1.807) is 24.4 Å². The quantitative estimate of drug-likeness (QED) is 0.608. The third-order valence-corrected chi connectivity index (χ3v) is 8.11. The van der Waals surface area contributed by atoms with Gasteiger partial charge in [-0.1, -0.05) is 6.42 Å². The second-order valence-corrected chi connectivity index (χ2v) is 10.4. The number of alkyl halides is 2. The Morgan fingerprint density at radius 3 is 2.49 bits per heavy atom. The van der Waals surface area contributed by atoms with Crippen molar-refractivity contribution in [2.24, 2.45) is 5.41 Å². The molecule has 0 N–H and O–H groups in total. The molecule has 2 aromatic heterocycles. The number of carbonyl (C=O) groups excluding carboxylic acids is 1. The summed E-state index contributed by atoms with van der Waals surface area (Å²) in [6, 6.07) is 6.57. The van der Waals surface area contributed by atoms with Crippen LogP contribution in [0.5, 0.6) is 0 Å². The Balaban J connectivity index is 1.50. The van der Waals surface area contributed by atoms with Crippen LogP contribution in [0.1, 0.15) is 44.2 Å². The number of halogens is 2. The molecule has 5 rings (SSSR count). The third kappa shape index (κ3) is 3.76. The van der Waals surface area contributed by atoms with Gasteiger partial charge in [-0.05, 0) is 38.8 Å². The van der Waals surface area contributed by atoms with Crippen LogP contribution in [0.2, 0.25) is 0 Å². The van der Waals surface area contributed by atoms with Crippen LogP contribution >= 0.6 is 0 Å². The van der Waals surface area contributed by atoms with Gasteiger partial charge in [0.15, 0.2) is 5.41 Å². The first-order valence-corrected chi connectivity index (χ1v) is 12.4. The number of nitrogens with zero attached hydrogens (tertiary/aromatic N) is 8. The van der Waals surface area contributed by atoms with Gasteiger partial charge in [0.1, 0.15) is 37.1 Å². The van der Waals surface area contributed by atoms with Crippen molar-refractivity contribution in [1.29, 1.82) is 10.5 Å². The number of rotatable bonds is 5. The molecule has 0 aromatic carbocycles. The summed E-state index contributed by atoms with van der Waals surface area (Å²) in [5.74, 6) is 1.41. The van der Waals surface area contributed by atoms with Crippen LogP contribution in [0.4, 0.5) is 26.2 Å². The number of nitriles is 2. The molecule has 1 spiro atoms. The van der Waals surface area contributed by atoms with Crippen molar-refractivity contribution in [2.45, 2.75) is 50.6 Å². The van der Waals surface area contributed by atoms with E-state index in [9.17, 15) is 24.1 Å². The number of hydrogen-bond acceptors (Lipinski definition) is 8. The number of carbonyl (C=O) groups is 1. The first-order valence-electron chi connectivity index (χ1n) is 12.4. The molecule has 0 unspecified atom stereocenters. The fourth-order valence-electron chi connectivity index (χ4n) is 5.79. The van der Waals surface area contributed by atoms with E-state index >= 15 is 0 Å². The maximum Gasteiger partial charge on any atom is 0.248 e. The Morgan fingerprint density at radius 1 is 1.14 bits per heavy atom. The monoisotopic (exact) mass is 506 g/mol. The van der Waals surface area contributed by atoms with Crippen molar-refractivity contribution in [2.75, 3.05) is 42.8 Å². The van der Waals surface area contributed by atoms with Crippen LogP contribution in [-0.2, 0) is 10.2 Å². The van der Waals surface area contributed by atoms with Crippen molar-refractivity contribution in [3.8, 4) is 12.1 Å². The molecule has 2 atom stereocenters. The van der Waals surface area contributed by atoms with E-state index in [-0.39, 0.29) is 24.0 Å². The Bertz CT molecular complexity index is 1300. The number of hydrogen-bond donors (Lipinski definition) is 0. The van der Waals surface area contributed by atoms with E-state index < -0.39 is 24.7 Å². The van der Waals surface area contributed by atoms with Gasteiger partial charge in [-0.3, -0.25) is 4.79 Å². The zero-order chi connectivity index (χ0) is 26.4. The van der Waals surface area contributed by atoms with Crippen molar-refractivity contribution in [3.63, 3.8) is 0 Å². The van der Waals surface area contributed by atoms with Gasteiger partial charge in [-0.15, -0.1) is 0 Å². The van der Waals surface area contributed by atoms with E-state index in [4.69, 9.17) is 4.98 Å². The highest BCUT2D eigenvalue weighted by Crippen LogP contribution is 2.56. The molecule has 11 heteroatoms. The van der Waals surface area contributed by atoms with Crippen LogP contribution in [0.25, 0.3) is 0 Å². The molecule has 1 saturated carbocycles. The fourth-order valence-corrected chi connectivity index (χ4v) is 5.79. The molecule has 2 aromatic rings. The number of fused-ring (bicyclic) bond motifs is 2. The smallest absolute Gasteiger partial charge is 0.248 e. The van der Waals surface area contributed by atoms with Gasteiger partial charge < -0.3 is 14.7 Å². The summed E-state index contributed by atoms with van der Waals surface area (Å²) >= 11 is 0. The molecule has 1 amide bonds. The van der Waals surface area contributed by atoms with Crippen molar-refractivity contribution in [1.82, 2.24) is 19.9 Å². The van der Waals surface area contributed by atoms with E-state index in [0.29, 0.717) is 24.5 Å². The molecule has 1 saturated heterocycles. The maximum absolute atomic E-state index is 13.6. The lowest BCUT2D eigenvalue weighted by Gasteiger charge is -2.47. The normalized spacial score (nSPS) is 22.3. The summed E-state index contributed by atoms with van der Waals surface area (Å²) in [6.07, 6.45) is 6.19. The third-order valence-electron chi connectivity index (χ3n) is 8.11. The van der Waals surface area contributed by atoms with E-state index in [0.717, 1.165) is 36.5 Å². The summed E-state index contributed by atoms with van der Waals surface area (Å²) < 4.78 is 27.2. The molecule has 2 fully saturated rings. The molecule has 3 aliphatic rings. The largest absolute Gasteiger partial charge is 0.350 e.